The highest BCUT2D eigenvalue weighted by molar-refractivity contribution is 6.30. The largest absolute Gasteiger partial charge is 0.497 e. The molecule has 36 heavy (non-hydrogen) atoms. The quantitative estimate of drug-likeness (QED) is 0.241. The number of likely N-dealkylation sites (N-methyl/N-ethyl adjacent to an activating group) is 1. The lowest BCUT2D eigenvalue weighted by Gasteiger charge is -2.30. The third kappa shape index (κ3) is 7.65. The molecule has 3 aromatic rings. The molecule has 0 saturated heterocycles. The van der Waals surface area contributed by atoms with Crippen molar-refractivity contribution >= 4 is 23.4 Å². The van der Waals surface area contributed by atoms with E-state index in [9.17, 15) is 14.9 Å². The van der Waals surface area contributed by atoms with Crippen LogP contribution in [0.15, 0.2) is 78.9 Å². The predicted octanol–water partition coefficient (Wildman–Crippen LogP) is 3.81. The maximum atomic E-state index is 13.4. The molecule has 2 amide bonds. The smallest absolute Gasteiger partial charge is 0.264 e. The first-order valence-corrected chi connectivity index (χ1v) is 11.6. The number of benzene rings is 3. The van der Waals surface area contributed by atoms with Crippen molar-refractivity contribution in [2.45, 2.75) is 19.0 Å². The van der Waals surface area contributed by atoms with Crippen LogP contribution in [0.25, 0.3) is 0 Å². The number of ether oxygens (including phenoxy) is 2. The van der Waals surface area contributed by atoms with Gasteiger partial charge < -0.3 is 14.8 Å². The first-order chi connectivity index (χ1) is 17.4. The van der Waals surface area contributed by atoms with Crippen LogP contribution in [-0.4, -0.2) is 48.6 Å². The van der Waals surface area contributed by atoms with Gasteiger partial charge in [-0.15, -0.1) is 0 Å². The van der Waals surface area contributed by atoms with Crippen LogP contribution in [0.2, 0.25) is 5.02 Å². The molecular formula is C27H27ClN4O4. The van der Waals surface area contributed by atoms with Crippen LogP contribution in [0.5, 0.6) is 11.5 Å². The minimum Gasteiger partial charge on any atom is -0.497 e. The van der Waals surface area contributed by atoms with Crippen LogP contribution >= 0.6 is 11.6 Å². The van der Waals surface area contributed by atoms with Crippen molar-refractivity contribution in [2.24, 2.45) is 0 Å². The summed E-state index contributed by atoms with van der Waals surface area (Å²) >= 11 is 5.94. The van der Waals surface area contributed by atoms with Crippen LogP contribution in [0, 0.1) is 11.5 Å². The van der Waals surface area contributed by atoms with Gasteiger partial charge in [-0.25, -0.2) is 10.0 Å². The standard InChI is InChI=1S/C27H27ClN4O4/c1-31(32(19-29)17-21-11-13-22(28)14-12-21)27(34)25(15-20-7-4-3-5-8-20)30-26(33)18-36-24-10-6-9-23(16-24)35-2/h3-14,16,25H,15,17-18H2,1-2H3,(H,30,33)/t25-/m0/s1. The maximum Gasteiger partial charge on any atom is 0.264 e. The molecule has 0 aliphatic heterocycles. The average molecular weight is 507 g/mol. The summed E-state index contributed by atoms with van der Waals surface area (Å²) in [5, 5.41) is 15.5. The zero-order valence-corrected chi connectivity index (χ0v) is 20.8. The topological polar surface area (TPSA) is 94.9 Å². The number of hydrogen-bond acceptors (Lipinski definition) is 6. The van der Waals surface area contributed by atoms with Gasteiger partial charge in [0.1, 0.15) is 17.5 Å². The van der Waals surface area contributed by atoms with E-state index in [2.05, 4.69) is 5.32 Å². The number of methoxy groups -OCH3 is 1. The van der Waals surface area contributed by atoms with Gasteiger partial charge >= 0.3 is 0 Å². The predicted molar refractivity (Wildman–Crippen MR) is 136 cm³/mol. The van der Waals surface area contributed by atoms with Gasteiger partial charge in [-0.2, -0.15) is 5.26 Å². The summed E-state index contributed by atoms with van der Waals surface area (Å²) in [6, 6.07) is 22.3. The molecule has 3 rings (SSSR count). The number of hydrazine groups is 1. The van der Waals surface area contributed by atoms with Gasteiger partial charge in [-0.1, -0.05) is 60.1 Å². The molecule has 1 N–H and O–H groups in total. The van der Waals surface area contributed by atoms with Crippen molar-refractivity contribution in [3.63, 3.8) is 0 Å². The number of halogens is 1. The molecule has 8 nitrogen and oxygen atoms in total. The van der Waals surface area contributed by atoms with Crippen molar-refractivity contribution in [3.05, 3.63) is 95.0 Å². The summed E-state index contributed by atoms with van der Waals surface area (Å²) in [6.45, 7) is -0.122. The van der Waals surface area contributed by atoms with E-state index in [1.165, 1.54) is 17.1 Å². The molecule has 0 spiro atoms. The summed E-state index contributed by atoms with van der Waals surface area (Å²) in [6.07, 6.45) is 2.28. The SMILES string of the molecule is COc1cccc(OCC(=O)N[C@@H](Cc2ccccc2)C(=O)N(C)N(C#N)Cc2ccc(Cl)cc2)c1. The Morgan fingerprint density at radius 3 is 2.36 bits per heavy atom. The number of carbonyl (C=O) groups excluding carboxylic acids is 2. The maximum absolute atomic E-state index is 13.4. The van der Waals surface area contributed by atoms with Crippen molar-refractivity contribution in [1.82, 2.24) is 15.3 Å². The molecule has 0 fully saturated rings. The number of hydrogen-bond donors (Lipinski definition) is 1. The Balaban J connectivity index is 1.71. The number of rotatable bonds is 11. The highest BCUT2D eigenvalue weighted by Crippen LogP contribution is 2.19. The van der Waals surface area contributed by atoms with Gasteiger partial charge in [0.25, 0.3) is 11.8 Å². The van der Waals surface area contributed by atoms with E-state index >= 15 is 0 Å². The van der Waals surface area contributed by atoms with Gasteiger partial charge in [-0.3, -0.25) is 9.59 Å². The van der Waals surface area contributed by atoms with Crippen molar-refractivity contribution < 1.29 is 19.1 Å². The zero-order chi connectivity index (χ0) is 25.9. The van der Waals surface area contributed by atoms with Crippen LogP contribution in [0.4, 0.5) is 0 Å². The normalized spacial score (nSPS) is 11.1. The highest BCUT2D eigenvalue weighted by atomic mass is 35.5. The van der Waals surface area contributed by atoms with E-state index in [1.54, 1.807) is 55.6 Å². The summed E-state index contributed by atoms with van der Waals surface area (Å²) in [5.74, 6) is 0.154. The first kappa shape index (κ1) is 26.4. The Labute approximate surface area is 215 Å². The highest BCUT2D eigenvalue weighted by Gasteiger charge is 2.28. The fraction of sp³-hybridized carbons (Fsp3) is 0.222. The van der Waals surface area contributed by atoms with Gasteiger partial charge in [0.2, 0.25) is 0 Å². The van der Waals surface area contributed by atoms with Crippen LogP contribution in [0.1, 0.15) is 11.1 Å². The van der Waals surface area contributed by atoms with Crippen LogP contribution < -0.4 is 14.8 Å². The number of carbonyl (C=O) groups is 2. The number of nitrogens with zero attached hydrogens (tertiary/aromatic N) is 3. The first-order valence-electron chi connectivity index (χ1n) is 11.2. The third-order valence-electron chi connectivity index (χ3n) is 5.37. The van der Waals surface area contributed by atoms with Gasteiger partial charge in [0.05, 0.1) is 13.7 Å². The van der Waals surface area contributed by atoms with Gasteiger partial charge in [0.15, 0.2) is 12.8 Å². The Hall–Kier alpha value is -4.22. The Morgan fingerprint density at radius 2 is 1.69 bits per heavy atom. The molecule has 0 bridgehead atoms. The zero-order valence-electron chi connectivity index (χ0n) is 20.1. The third-order valence-corrected chi connectivity index (χ3v) is 5.62. The van der Waals surface area contributed by atoms with E-state index in [4.69, 9.17) is 21.1 Å². The molecule has 3 aromatic carbocycles. The minimum atomic E-state index is -0.917. The molecule has 0 unspecified atom stereocenters. The lowest BCUT2D eigenvalue weighted by molar-refractivity contribution is -0.146. The van der Waals surface area contributed by atoms with Gasteiger partial charge in [-0.05, 0) is 35.4 Å². The second-order valence-corrected chi connectivity index (χ2v) is 8.36. The Kier molecular flexibility index (Phi) is 9.55. The molecule has 1 atom stereocenters. The summed E-state index contributed by atoms with van der Waals surface area (Å²) < 4.78 is 10.7. The molecule has 186 valence electrons. The number of nitrogens with one attached hydrogen (secondary N) is 1. The Morgan fingerprint density at radius 1 is 1.00 bits per heavy atom. The van der Waals surface area contributed by atoms with E-state index in [1.807, 2.05) is 36.5 Å². The second-order valence-electron chi connectivity index (χ2n) is 7.92. The molecule has 0 aliphatic carbocycles. The van der Waals surface area contributed by atoms with Crippen molar-refractivity contribution in [1.29, 1.82) is 5.26 Å². The monoisotopic (exact) mass is 506 g/mol. The van der Waals surface area contributed by atoms with E-state index in [0.717, 1.165) is 11.1 Å². The van der Waals surface area contributed by atoms with Crippen molar-refractivity contribution in [2.75, 3.05) is 20.8 Å². The second kappa shape index (κ2) is 13.0. The lowest BCUT2D eigenvalue weighted by Crippen LogP contribution is -2.53. The average Bonchev–Trinajstić information content (AvgIpc) is 2.91. The molecule has 0 aliphatic rings. The molecule has 9 heteroatoms. The minimum absolute atomic E-state index is 0.168. The summed E-state index contributed by atoms with van der Waals surface area (Å²) in [5.41, 5.74) is 1.66. The van der Waals surface area contributed by atoms with E-state index < -0.39 is 17.9 Å². The molecular weight excluding hydrogens is 480 g/mol. The van der Waals surface area contributed by atoms with Gasteiger partial charge in [0, 0.05) is 24.6 Å². The van der Waals surface area contributed by atoms with Crippen LogP contribution in [-0.2, 0) is 22.6 Å². The van der Waals surface area contributed by atoms with Crippen molar-refractivity contribution in [3.8, 4) is 17.7 Å². The lowest BCUT2D eigenvalue weighted by atomic mass is 10.1. The summed E-state index contributed by atoms with van der Waals surface area (Å²) in [4.78, 5) is 26.2. The summed E-state index contributed by atoms with van der Waals surface area (Å²) in [7, 11) is 3.04. The fourth-order valence-electron chi connectivity index (χ4n) is 3.44. The van der Waals surface area contributed by atoms with E-state index in [0.29, 0.717) is 16.5 Å². The number of nitriles is 1. The van der Waals surface area contributed by atoms with Crippen LogP contribution in [0.3, 0.4) is 0 Å². The fourth-order valence-corrected chi connectivity index (χ4v) is 3.57. The van der Waals surface area contributed by atoms with E-state index in [-0.39, 0.29) is 19.6 Å². The molecule has 0 radical (unpaired) electrons. The number of amides is 2. The molecule has 0 heterocycles. The Bertz CT molecular complexity index is 1200. The molecule has 0 saturated carbocycles. The molecule has 0 aromatic heterocycles.